The first-order valence-corrected chi connectivity index (χ1v) is 7.87. The highest BCUT2D eigenvalue weighted by Gasteiger charge is 2.21. The SMILES string of the molecule is CCc1nc2c3c(cc(F)c2n1C)c(=O)c(C(=O)NC)cn3CC. The lowest BCUT2D eigenvalue weighted by Gasteiger charge is -2.12. The Morgan fingerprint density at radius 1 is 1.33 bits per heavy atom. The molecule has 0 aliphatic heterocycles. The molecule has 1 amide bonds. The fourth-order valence-corrected chi connectivity index (χ4v) is 3.12. The van der Waals surface area contributed by atoms with Crippen molar-refractivity contribution < 1.29 is 9.18 Å². The van der Waals surface area contributed by atoms with Crippen LogP contribution in [0.15, 0.2) is 17.1 Å². The third-order valence-electron chi connectivity index (χ3n) is 4.35. The van der Waals surface area contributed by atoms with Gasteiger partial charge in [-0.15, -0.1) is 0 Å². The van der Waals surface area contributed by atoms with Crippen LogP contribution in [0, 0.1) is 5.82 Å². The van der Waals surface area contributed by atoms with Crippen molar-refractivity contribution in [3.63, 3.8) is 0 Å². The molecule has 0 aliphatic carbocycles. The molecule has 6 nitrogen and oxygen atoms in total. The second-order valence-corrected chi connectivity index (χ2v) is 5.63. The zero-order valence-electron chi connectivity index (χ0n) is 14.1. The average molecular weight is 330 g/mol. The number of halogens is 1. The molecule has 1 aromatic carbocycles. The highest BCUT2D eigenvalue weighted by Crippen LogP contribution is 2.27. The molecule has 126 valence electrons. The highest BCUT2D eigenvalue weighted by atomic mass is 19.1. The fraction of sp³-hybridized carbons (Fsp3) is 0.353. The molecule has 0 saturated heterocycles. The molecule has 7 heteroatoms. The van der Waals surface area contributed by atoms with Gasteiger partial charge in [0.1, 0.15) is 28.2 Å². The molecular weight excluding hydrogens is 311 g/mol. The number of rotatable bonds is 3. The van der Waals surface area contributed by atoms with E-state index in [4.69, 9.17) is 0 Å². The summed E-state index contributed by atoms with van der Waals surface area (Å²) in [6.45, 7) is 4.37. The highest BCUT2D eigenvalue weighted by molar-refractivity contribution is 6.05. The van der Waals surface area contributed by atoms with Crippen molar-refractivity contribution in [2.45, 2.75) is 26.8 Å². The van der Waals surface area contributed by atoms with E-state index in [1.807, 2.05) is 13.8 Å². The van der Waals surface area contributed by atoms with E-state index >= 15 is 0 Å². The maximum absolute atomic E-state index is 14.6. The van der Waals surface area contributed by atoms with Crippen molar-refractivity contribution in [3.05, 3.63) is 39.7 Å². The van der Waals surface area contributed by atoms with Crippen LogP contribution in [-0.2, 0) is 20.0 Å². The van der Waals surface area contributed by atoms with Gasteiger partial charge in [-0.3, -0.25) is 9.59 Å². The molecule has 0 fully saturated rings. The maximum Gasteiger partial charge on any atom is 0.256 e. The third kappa shape index (κ3) is 2.11. The molecule has 0 radical (unpaired) electrons. The maximum atomic E-state index is 14.6. The second kappa shape index (κ2) is 5.74. The smallest absolute Gasteiger partial charge is 0.256 e. The van der Waals surface area contributed by atoms with Crippen LogP contribution >= 0.6 is 0 Å². The van der Waals surface area contributed by atoms with Crippen LogP contribution in [0.3, 0.4) is 0 Å². The Labute approximate surface area is 137 Å². The zero-order chi connectivity index (χ0) is 17.6. The number of nitrogens with zero attached hydrogens (tertiary/aromatic N) is 3. The molecule has 0 bridgehead atoms. The minimum Gasteiger partial charge on any atom is -0.355 e. The number of hydrogen-bond donors (Lipinski definition) is 1. The first kappa shape index (κ1) is 16.2. The monoisotopic (exact) mass is 330 g/mol. The van der Waals surface area contributed by atoms with Gasteiger partial charge < -0.3 is 14.5 Å². The van der Waals surface area contributed by atoms with Crippen molar-refractivity contribution in [2.24, 2.45) is 7.05 Å². The molecular formula is C17H19FN4O2. The summed E-state index contributed by atoms with van der Waals surface area (Å²) in [7, 11) is 3.22. The van der Waals surface area contributed by atoms with Gasteiger partial charge in [0, 0.05) is 33.3 Å². The van der Waals surface area contributed by atoms with E-state index in [1.54, 1.807) is 16.2 Å². The summed E-state index contributed by atoms with van der Waals surface area (Å²) in [6, 6.07) is 1.21. The number of imidazole rings is 1. The minimum absolute atomic E-state index is 0.00255. The number of hydrogen-bond acceptors (Lipinski definition) is 3. The molecule has 2 aromatic heterocycles. The molecule has 2 heterocycles. The van der Waals surface area contributed by atoms with Gasteiger partial charge in [-0.1, -0.05) is 6.92 Å². The zero-order valence-corrected chi connectivity index (χ0v) is 14.1. The van der Waals surface area contributed by atoms with Crippen molar-refractivity contribution in [2.75, 3.05) is 7.05 Å². The van der Waals surface area contributed by atoms with E-state index in [-0.39, 0.29) is 10.9 Å². The second-order valence-electron chi connectivity index (χ2n) is 5.63. The topological polar surface area (TPSA) is 68.9 Å². The molecule has 0 spiro atoms. The number of carbonyl (C=O) groups is 1. The Bertz CT molecular complexity index is 1030. The summed E-state index contributed by atoms with van der Waals surface area (Å²) < 4.78 is 18.1. The lowest BCUT2D eigenvalue weighted by Crippen LogP contribution is -2.27. The van der Waals surface area contributed by atoms with E-state index in [0.717, 1.165) is 5.82 Å². The minimum atomic E-state index is -0.513. The van der Waals surface area contributed by atoms with Gasteiger partial charge >= 0.3 is 0 Å². The number of carbonyl (C=O) groups excluding carboxylic acids is 1. The lowest BCUT2D eigenvalue weighted by molar-refractivity contribution is 0.0961. The van der Waals surface area contributed by atoms with Gasteiger partial charge in [-0.05, 0) is 13.0 Å². The van der Waals surface area contributed by atoms with Gasteiger partial charge in [0.25, 0.3) is 5.91 Å². The number of benzene rings is 1. The molecule has 0 aliphatic rings. The Balaban J connectivity index is 2.57. The number of pyridine rings is 1. The molecule has 0 atom stereocenters. The van der Waals surface area contributed by atoms with Crippen LogP contribution in [0.2, 0.25) is 0 Å². The summed E-state index contributed by atoms with van der Waals surface area (Å²) in [6.07, 6.45) is 2.17. The quantitative estimate of drug-likeness (QED) is 0.798. The van der Waals surface area contributed by atoms with Crippen LogP contribution in [0.5, 0.6) is 0 Å². The Morgan fingerprint density at radius 3 is 2.62 bits per heavy atom. The number of aryl methyl sites for hydroxylation is 3. The third-order valence-corrected chi connectivity index (χ3v) is 4.35. The van der Waals surface area contributed by atoms with Crippen LogP contribution < -0.4 is 10.7 Å². The number of nitrogens with one attached hydrogen (secondary N) is 1. The molecule has 24 heavy (non-hydrogen) atoms. The van der Waals surface area contributed by atoms with Gasteiger partial charge in [0.15, 0.2) is 0 Å². The van der Waals surface area contributed by atoms with E-state index < -0.39 is 17.2 Å². The standard InChI is InChI=1S/C17H19FN4O2/c1-5-12-20-13-14-9(7-11(18)15(13)21(12)4)16(23)10(17(24)19-3)8-22(14)6-2/h7-8H,5-6H2,1-4H3,(H,19,24). The lowest BCUT2D eigenvalue weighted by atomic mass is 10.1. The van der Waals surface area contributed by atoms with Crippen LogP contribution in [0.4, 0.5) is 4.39 Å². The first-order chi connectivity index (χ1) is 11.4. The Kier molecular flexibility index (Phi) is 3.87. The van der Waals surface area contributed by atoms with Crippen molar-refractivity contribution in [1.29, 1.82) is 0 Å². The normalized spacial score (nSPS) is 11.4. The average Bonchev–Trinajstić information content (AvgIpc) is 2.92. The van der Waals surface area contributed by atoms with Crippen LogP contribution in [0.25, 0.3) is 21.9 Å². The van der Waals surface area contributed by atoms with Crippen LogP contribution in [-0.4, -0.2) is 27.1 Å². The van der Waals surface area contributed by atoms with Crippen molar-refractivity contribution >= 4 is 27.8 Å². The molecule has 1 N–H and O–H groups in total. The fourth-order valence-electron chi connectivity index (χ4n) is 3.12. The van der Waals surface area contributed by atoms with Gasteiger partial charge in [-0.25, -0.2) is 9.37 Å². The number of fused-ring (bicyclic) bond motifs is 3. The van der Waals surface area contributed by atoms with Gasteiger partial charge in [0.05, 0.1) is 10.9 Å². The predicted octanol–water partition coefficient (Wildman–Crippen LogP) is 1.97. The number of amides is 1. The van der Waals surface area contributed by atoms with Gasteiger partial charge in [-0.2, -0.15) is 0 Å². The molecule has 0 unspecified atom stereocenters. The van der Waals surface area contributed by atoms with E-state index in [0.29, 0.717) is 29.5 Å². The molecule has 3 aromatic rings. The molecule has 3 rings (SSSR count). The summed E-state index contributed by atoms with van der Waals surface area (Å²) in [5.74, 6) is -0.261. The van der Waals surface area contributed by atoms with Crippen molar-refractivity contribution in [1.82, 2.24) is 19.4 Å². The van der Waals surface area contributed by atoms with Crippen LogP contribution in [0.1, 0.15) is 30.0 Å². The first-order valence-electron chi connectivity index (χ1n) is 7.87. The summed E-state index contributed by atoms with van der Waals surface area (Å²) in [5.41, 5.74) is 0.887. The van der Waals surface area contributed by atoms with E-state index in [2.05, 4.69) is 10.3 Å². The van der Waals surface area contributed by atoms with E-state index in [1.165, 1.54) is 19.3 Å². The summed E-state index contributed by atoms with van der Waals surface area (Å²) in [5, 5.41) is 2.62. The van der Waals surface area contributed by atoms with Gasteiger partial charge in [0.2, 0.25) is 5.43 Å². The van der Waals surface area contributed by atoms with E-state index in [9.17, 15) is 14.0 Å². The van der Waals surface area contributed by atoms with Crippen molar-refractivity contribution in [3.8, 4) is 0 Å². The predicted molar refractivity (Wildman–Crippen MR) is 90.9 cm³/mol. The number of aromatic nitrogens is 3. The Morgan fingerprint density at radius 2 is 2.04 bits per heavy atom. The largest absolute Gasteiger partial charge is 0.355 e. The Hall–Kier alpha value is -2.70. The summed E-state index contributed by atoms with van der Waals surface area (Å²) in [4.78, 5) is 29.2. The summed E-state index contributed by atoms with van der Waals surface area (Å²) >= 11 is 0. The molecule has 0 saturated carbocycles.